The van der Waals surface area contributed by atoms with E-state index in [1.165, 1.54) is 6.07 Å². The Morgan fingerprint density at radius 1 is 1.32 bits per heavy atom. The molecule has 1 aromatic rings. The average Bonchev–Trinajstić information content (AvgIpc) is 2.36. The van der Waals surface area contributed by atoms with Gasteiger partial charge < -0.3 is 15.2 Å². The predicted octanol–water partition coefficient (Wildman–Crippen LogP) is 1.64. The summed E-state index contributed by atoms with van der Waals surface area (Å²) in [6, 6.07) is 7.14. The van der Waals surface area contributed by atoms with Crippen LogP contribution in [0.15, 0.2) is 24.3 Å². The van der Waals surface area contributed by atoms with Crippen LogP contribution in [-0.4, -0.2) is 36.0 Å². The average molecular weight is 265 g/mol. The number of fused-ring (bicyclic) bond motifs is 2. The lowest BCUT2D eigenvalue weighted by Crippen LogP contribution is -2.59. The lowest BCUT2D eigenvalue weighted by Gasteiger charge is -2.45. The maximum absolute atomic E-state index is 13.1. The molecule has 4 heteroatoms. The molecule has 2 fully saturated rings. The number of rotatable bonds is 3. The number of aryl methyl sites for hydroxylation is 1. The first-order chi connectivity index (χ1) is 9.13. The Morgan fingerprint density at radius 3 is 2.74 bits per heavy atom. The minimum atomic E-state index is -0.642. The van der Waals surface area contributed by atoms with E-state index in [9.17, 15) is 9.50 Å². The predicted molar refractivity (Wildman–Crippen MR) is 70.4 cm³/mol. The van der Waals surface area contributed by atoms with Gasteiger partial charge in [0.1, 0.15) is 5.82 Å². The van der Waals surface area contributed by atoms with Crippen molar-refractivity contribution in [3.05, 3.63) is 35.6 Å². The Labute approximate surface area is 112 Å². The van der Waals surface area contributed by atoms with Crippen LogP contribution in [0.5, 0.6) is 0 Å². The van der Waals surface area contributed by atoms with Crippen LogP contribution in [0.3, 0.4) is 0 Å². The van der Waals surface area contributed by atoms with Gasteiger partial charge in [-0.25, -0.2) is 4.39 Å². The molecule has 0 aliphatic carbocycles. The Balaban J connectivity index is 1.62. The summed E-state index contributed by atoms with van der Waals surface area (Å²) < 4.78 is 18.6. The first-order valence-electron chi connectivity index (χ1n) is 6.94. The third kappa shape index (κ3) is 3.14. The molecule has 2 bridgehead atoms. The zero-order valence-corrected chi connectivity index (χ0v) is 10.9. The van der Waals surface area contributed by atoms with Crippen LogP contribution in [-0.2, 0) is 11.2 Å². The molecule has 2 aliphatic heterocycles. The molecule has 2 unspecified atom stereocenters. The van der Waals surface area contributed by atoms with Crippen LogP contribution >= 0.6 is 0 Å². The Kier molecular flexibility index (Phi) is 3.56. The molecule has 19 heavy (non-hydrogen) atoms. The van der Waals surface area contributed by atoms with Crippen LogP contribution in [0.2, 0.25) is 0 Å². The number of ether oxygens (including phenoxy) is 1. The highest BCUT2D eigenvalue weighted by Gasteiger charge is 2.40. The maximum atomic E-state index is 13.1. The van der Waals surface area contributed by atoms with Crippen molar-refractivity contribution < 1.29 is 14.2 Å². The zero-order chi connectivity index (χ0) is 13.3. The van der Waals surface area contributed by atoms with Gasteiger partial charge in [0.05, 0.1) is 18.8 Å². The van der Waals surface area contributed by atoms with Crippen molar-refractivity contribution in [1.82, 2.24) is 5.32 Å². The van der Waals surface area contributed by atoms with Gasteiger partial charge in [-0.2, -0.15) is 0 Å². The number of halogens is 1. The molecule has 104 valence electrons. The highest BCUT2D eigenvalue weighted by Crippen LogP contribution is 2.31. The van der Waals surface area contributed by atoms with Crippen LogP contribution in [0, 0.1) is 5.82 Å². The molecule has 2 N–H and O–H groups in total. The smallest absolute Gasteiger partial charge is 0.123 e. The SMILES string of the molecule is OC1(CCc2cccc(F)c2)CC2COCC(C1)N2. The molecule has 2 atom stereocenters. The second kappa shape index (κ2) is 5.19. The van der Waals surface area contributed by atoms with E-state index in [-0.39, 0.29) is 17.9 Å². The summed E-state index contributed by atoms with van der Waals surface area (Å²) in [6.45, 7) is 1.36. The summed E-state index contributed by atoms with van der Waals surface area (Å²) in [5.41, 5.74) is 0.310. The van der Waals surface area contributed by atoms with Crippen LogP contribution in [0.25, 0.3) is 0 Å². The molecule has 1 aromatic carbocycles. The Bertz CT molecular complexity index is 440. The largest absolute Gasteiger partial charge is 0.390 e. The molecule has 0 radical (unpaired) electrons. The van der Waals surface area contributed by atoms with E-state index in [4.69, 9.17) is 4.74 Å². The molecular formula is C15H20FNO2. The summed E-state index contributed by atoms with van der Waals surface area (Å²) in [6.07, 6.45) is 2.84. The molecule has 0 amide bonds. The number of aliphatic hydroxyl groups is 1. The van der Waals surface area contributed by atoms with Crippen molar-refractivity contribution in [2.24, 2.45) is 0 Å². The third-order valence-electron chi connectivity index (χ3n) is 4.13. The number of hydrogen-bond donors (Lipinski definition) is 2. The summed E-state index contributed by atoms with van der Waals surface area (Å²) in [4.78, 5) is 0. The Morgan fingerprint density at radius 2 is 2.05 bits per heavy atom. The summed E-state index contributed by atoms with van der Waals surface area (Å²) in [7, 11) is 0. The van der Waals surface area contributed by atoms with Gasteiger partial charge in [-0.05, 0) is 43.4 Å². The molecule has 3 nitrogen and oxygen atoms in total. The molecule has 2 aliphatic rings. The fourth-order valence-electron chi connectivity index (χ4n) is 3.29. The van der Waals surface area contributed by atoms with Gasteiger partial charge in [0.15, 0.2) is 0 Å². The maximum Gasteiger partial charge on any atom is 0.123 e. The van der Waals surface area contributed by atoms with E-state index in [1.54, 1.807) is 12.1 Å². The van der Waals surface area contributed by atoms with Gasteiger partial charge in [-0.15, -0.1) is 0 Å². The highest BCUT2D eigenvalue weighted by molar-refractivity contribution is 5.17. The van der Waals surface area contributed by atoms with E-state index in [1.807, 2.05) is 6.07 Å². The van der Waals surface area contributed by atoms with E-state index in [0.29, 0.717) is 26.1 Å². The number of piperidine rings is 1. The fourth-order valence-corrected chi connectivity index (χ4v) is 3.29. The number of hydrogen-bond acceptors (Lipinski definition) is 3. The van der Waals surface area contributed by atoms with Gasteiger partial charge >= 0.3 is 0 Å². The van der Waals surface area contributed by atoms with Gasteiger partial charge in [0.25, 0.3) is 0 Å². The van der Waals surface area contributed by atoms with Gasteiger partial charge in [0, 0.05) is 12.1 Å². The topological polar surface area (TPSA) is 41.5 Å². The van der Waals surface area contributed by atoms with Crippen molar-refractivity contribution in [3.8, 4) is 0 Å². The lowest BCUT2D eigenvalue weighted by atomic mass is 9.79. The standard InChI is InChI=1S/C15H20FNO2/c16-12-3-1-2-11(6-12)4-5-15(18)7-13-9-19-10-14(8-15)17-13/h1-3,6,13-14,17-18H,4-5,7-10H2. The first kappa shape index (κ1) is 13.0. The van der Waals surface area contributed by atoms with E-state index < -0.39 is 5.60 Å². The van der Waals surface area contributed by atoms with Crippen LogP contribution < -0.4 is 5.32 Å². The van der Waals surface area contributed by atoms with Crippen molar-refractivity contribution in [1.29, 1.82) is 0 Å². The summed E-state index contributed by atoms with van der Waals surface area (Å²) in [5, 5.41) is 14.2. The number of nitrogens with one attached hydrogen (secondary N) is 1. The minimum absolute atomic E-state index is 0.208. The molecule has 3 rings (SSSR count). The number of benzene rings is 1. The van der Waals surface area contributed by atoms with E-state index in [0.717, 1.165) is 18.4 Å². The molecule has 2 heterocycles. The first-order valence-corrected chi connectivity index (χ1v) is 6.94. The molecule has 0 spiro atoms. The van der Waals surface area contributed by atoms with Crippen LogP contribution in [0.1, 0.15) is 24.8 Å². The van der Waals surface area contributed by atoms with Crippen molar-refractivity contribution >= 4 is 0 Å². The van der Waals surface area contributed by atoms with Crippen molar-refractivity contribution in [2.45, 2.75) is 43.4 Å². The van der Waals surface area contributed by atoms with Gasteiger partial charge in [0.2, 0.25) is 0 Å². The zero-order valence-electron chi connectivity index (χ0n) is 10.9. The quantitative estimate of drug-likeness (QED) is 0.873. The molecular weight excluding hydrogens is 245 g/mol. The van der Waals surface area contributed by atoms with Crippen molar-refractivity contribution in [2.75, 3.05) is 13.2 Å². The number of morpholine rings is 1. The Hall–Kier alpha value is -0.970. The van der Waals surface area contributed by atoms with E-state index >= 15 is 0 Å². The van der Waals surface area contributed by atoms with Crippen molar-refractivity contribution in [3.63, 3.8) is 0 Å². The summed E-state index contributed by atoms with van der Waals surface area (Å²) in [5.74, 6) is -0.208. The molecule has 2 saturated heterocycles. The second-order valence-corrected chi connectivity index (χ2v) is 5.86. The minimum Gasteiger partial charge on any atom is -0.390 e. The third-order valence-corrected chi connectivity index (χ3v) is 4.13. The molecule has 0 saturated carbocycles. The van der Waals surface area contributed by atoms with Gasteiger partial charge in [-0.3, -0.25) is 0 Å². The highest BCUT2D eigenvalue weighted by atomic mass is 19.1. The van der Waals surface area contributed by atoms with Gasteiger partial charge in [-0.1, -0.05) is 12.1 Å². The van der Waals surface area contributed by atoms with Crippen LogP contribution in [0.4, 0.5) is 4.39 Å². The monoisotopic (exact) mass is 265 g/mol. The second-order valence-electron chi connectivity index (χ2n) is 5.86. The lowest BCUT2D eigenvalue weighted by molar-refractivity contribution is -0.0796. The molecule has 0 aromatic heterocycles. The normalized spacial score (nSPS) is 34.2. The van der Waals surface area contributed by atoms with E-state index in [2.05, 4.69) is 5.32 Å². The fraction of sp³-hybridized carbons (Fsp3) is 0.600. The summed E-state index contributed by atoms with van der Waals surface area (Å²) >= 11 is 0.